The predicted octanol–water partition coefficient (Wildman–Crippen LogP) is 2.22. The number of nitrogens with two attached hydrogens (primary N) is 1. The summed E-state index contributed by atoms with van der Waals surface area (Å²) in [6.45, 7) is 2.16. The summed E-state index contributed by atoms with van der Waals surface area (Å²) in [6.07, 6.45) is 2.82. The molecule has 0 bridgehead atoms. The molecule has 0 aliphatic heterocycles. The van der Waals surface area contributed by atoms with E-state index in [-0.39, 0.29) is 6.04 Å². The van der Waals surface area contributed by atoms with Gasteiger partial charge in [0.05, 0.1) is 23.0 Å². The van der Waals surface area contributed by atoms with Gasteiger partial charge in [-0.15, -0.1) is 0 Å². The highest BCUT2D eigenvalue weighted by Gasteiger charge is 2.14. The second kappa shape index (κ2) is 5.63. The number of aryl methyl sites for hydroxylation is 1. The number of hydrogen-bond acceptors (Lipinski definition) is 3. The van der Waals surface area contributed by atoms with Gasteiger partial charge in [0.1, 0.15) is 0 Å². The molecule has 14 heavy (non-hydrogen) atoms. The summed E-state index contributed by atoms with van der Waals surface area (Å²) >= 11 is 7.83. The van der Waals surface area contributed by atoms with Gasteiger partial charge in [0.2, 0.25) is 0 Å². The predicted molar refractivity (Wildman–Crippen MR) is 62.8 cm³/mol. The molecule has 1 unspecified atom stereocenters. The molecule has 0 fully saturated rings. The summed E-state index contributed by atoms with van der Waals surface area (Å²) in [5.41, 5.74) is 6.94. The molecular formula is C9H16ClN3S. The molecule has 1 aromatic heterocycles. The smallest absolute Gasteiger partial charge is 0.0834 e. The van der Waals surface area contributed by atoms with Crippen LogP contribution in [0.5, 0.6) is 0 Å². The SMILES string of the molecule is CCCSCC(N)c1c(Cl)cnn1C. The second-order valence-corrected chi connectivity index (χ2v) is 4.74. The molecule has 1 rings (SSSR count). The first-order valence-corrected chi connectivity index (χ1v) is 6.20. The van der Waals surface area contributed by atoms with E-state index in [0.717, 1.165) is 17.2 Å². The van der Waals surface area contributed by atoms with Crippen molar-refractivity contribution >= 4 is 23.4 Å². The molecule has 0 saturated heterocycles. The zero-order valence-electron chi connectivity index (χ0n) is 8.53. The van der Waals surface area contributed by atoms with Gasteiger partial charge in [-0.05, 0) is 12.2 Å². The highest BCUT2D eigenvalue weighted by Crippen LogP contribution is 2.23. The van der Waals surface area contributed by atoms with Crippen molar-refractivity contribution in [3.63, 3.8) is 0 Å². The van der Waals surface area contributed by atoms with E-state index in [1.807, 2.05) is 18.8 Å². The van der Waals surface area contributed by atoms with Crippen LogP contribution in [0.3, 0.4) is 0 Å². The maximum atomic E-state index is 6.02. The summed E-state index contributed by atoms with van der Waals surface area (Å²) < 4.78 is 1.75. The van der Waals surface area contributed by atoms with Gasteiger partial charge in [-0.2, -0.15) is 16.9 Å². The van der Waals surface area contributed by atoms with E-state index < -0.39 is 0 Å². The van der Waals surface area contributed by atoms with Crippen LogP contribution < -0.4 is 5.73 Å². The fourth-order valence-corrected chi connectivity index (χ4v) is 2.44. The number of rotatable bonds is 5. The number of aromatic nitrogens is 2. The van der Waals surface area contributed by atoms with Gasteiger partial charge < -0.3 is 5.73 Å². The lowest BCUT2D eigenvalue weighted by Crippen LogP contribution is -2.17. The fourth-order valence-electron chi connectivity index (χ4n) is 1.27. The van der Waals surface area contributed by atoms with Crippen molar-refractivity contribution in [3.05, 3.63) is 16.9 Å². The van der Waals surface area contributed by atoms with Crippen molar-refractivity contribution in [1.29, 1.82) is 0 Å². The van der Waals surface area contributed by atoms with Gasteiger partial charge in [0.25, 0.3) is 0 Å². The normalized spacial score (nSPS) is 13.1. The maximum absolute atomic E-state index is 6.02. The molecule has 0 spiro atoms. The van der Waals surface area contributed by atoms with E-state index in [4.69, 9.17) is 17.3 Å². The molecule has 0 aliphatic rings. The van der Waals surface area contributed by atoms with Gasteiger partial charge >= 0.3 is 0 Å². The average Bonchev–Trinajstić information content (AvgIpc) is 2.46. The third-order valence-electron chi connectivity index (χ3n) is 1.93. The Morgan fingerprint density at radius 3 is 2.93 bits per heavy atom. The number of nitrogens with zero attached hydrogens (tertiary/aromatic N) is 2. The summed E-state index contributed by atoms with van der Waals surface area (Å²) in [6, 6.07) is -0.0217. The van der Waals surface area contributed by atoms with Crippen LogP contribution in [0.1, 0.15) is 25.1 Å². The minimum Gasteiger partial charge on any atom is -0.322 e. The first-order chi connectivity index (χ1) is 6.66. The van der Waals surface area contributed by atoms with Crippen molar-refractivity contribution in [2.75, 3.05) is 11.5 Å². The molecule has 1 heterocycles. The van der Waals surface area contributed by atoms with E-state index in [1.54, 1.807) is 10.9 Å². The third-order valence-corrected chi connectivity index (χ3v) is 3.52. The summed E-state index contributed by atoms with van der Waals surface area (Å²) in [5, 5.41) is 4.72. The molecule has 1 aromatic rings. The Bertz CT molecular complexity index is 268. The lowest BCUT2D eigenvalue weighted by atomic mass is 10.2. The van der Waals surface area contributed by atoms with Crippen molar-refractivity contribution in [1.82, 2.24) is 9.78 Å². The maximum Gasteiger partial charge on any atom is 0.0834 e. The minimum atomic E-state index is -0.0217. The highest BCUT2D eigenvalue weighted by molar-refractivity contribution is 7.99. The average molecular weight is 234 g/mol. The van der Waals surface area contributed by atoms with Crippen LogP contribution in [-0.4, -0.2) is 21.3 Å². The Morgan fingerprint density at radius 2 is 2.43 bits per heavy atom. The van der Waals surface area contributed by atoms with Crippen LogP contribution in [0.2, 0.25) is 5.02 Å². The van der Waals surface area contributed by atoms with Crippen LogP contribution in [0.4, 0.5) is 0 Å². The highest BCUT2D eigenvalue weighted by atomic mass is 35.5. The second-order valence-electron chi connectivity index (χ2n) is 3.18. The number of thioether (sulfide) groups is 1. The summed E-state index contributed by atoms with van der Waals surface area (Å²) in [4.78, 5) is 0. The Hall–Kier alpha value is -0.190. The monoisotopic (exact) mass is 233 g/mol. The van der Waals surface area contributed by atoms with Gasteiger partial charge in [0.15, 0.2) is 0 Å². The molecule has 0 aromatic carbocycles. The zero-order valence-corrected chi connectivity index (χ0v) is 10.1. The van der Waals surface area contributed by atoms with Crippen molar-refractivity contribution in [2.45, 2.75) is 19.4 Å². The lowest BCUT2D eigenvalue weighted by Gasteiger charge is -2.11. The van der Waals surface area contributed by atoms with Gasteiger partial charge in [-0.25, -0.2) is 0 Å². The molecule has 3 nitrogen and oxygen atoms in total. The van der Waals surface area contributed by atoms with Gasteiger partial charge in [0, 0.05) is 12.8 Å². The van der Waals surface area contributed by atoms with Crippen LogP contribution in [0, 0.1) is 0 Å². The van der Waals surface area contributed by atoms with Crippen LogP contribution in [0.15, 0.2) is 6.20 Å². The first-order valence-electron chi connectivity index (χ1n) is 4.67. The quantitative estimate of drug-likeness (QED) is 0.794. The zero-order chi connectivity index (χ0) is 10.6. The van der Waals surface area contributed by atoms with Crippen LogP contribution in [-0.2, 0) is 7.05 Å². The Labute approximate surface area is 94.0 Å². The Morgan fingerprint density at radius 1 is 1.71 bits per heavy atom. The fraction of sp³-hybridized carbons (Fsp3) is 0.667. The first kappa shape index (κ1) is 11.9. The molecule has 0 amide bonds. The summed E-state index contributed by atoms with van der Waals surface area (Å²) in [5.74, 6) is 2.04. The van der Waals surface area contributed by atoms with Gasteiger partial charge in [-0.3, -0.25) is 4.68 Å². The third kappa shape index (κ3) is 2.90. The van der Waals surface area contributed by atoms with Crippen LogP contribution >= 0.6 is 23.4 Å². The standard InChI is InChI=1S/C9H16ClN3S/c1-3-4-14-6-8(11)9-7(10)5-12-13(9)2/h5,8H,3-4,6,11H2,1-2H3. The molecule has 0 saturated carbocycles. The molecule has 2 N–H and O–H groups in total. The molecule has 80 valence electrons. The molecule has 0 aliphatic carbocycles. The van der Waals surface area contributed by atoms with E-state index in [9.17, 15) is 0 Å². The van der Waals surface area contributed by atoms with Crippen molar-refractivity contribution in [3.8, 4) is 0 Å². The van der Waals surface area contributed by atoms with E-state index >= 15 is 0 Å². The molecule has 1 atom stereocenters. The van der Waals surface area contributed by atoms with Gasteiger partial charge in [-0.1, -0.05) is 18.5 Å². The Balaban J connectivity index is 2.55. The van der Waals surface area contributed by atoms with Crippen molar-refractivity contribution in [2.24, 2.45) is 12.8 Å². The van der Waals surface area contributed by atoms with E-state index in [1.165, 1.54) is 6.42 Å². The minimum absolute atomic E-state index is 0.0217. The van der Waals surface area contributed by atoms with E-state index in [0.29, 0.717) is 5.02 Å². The summed E-state index contributed by atoms with van der Waals surface area (Å²) in [7, 11) is 1.87. The number of hydrogen-bond donors (Lipinski definition) is 1. The van der Waals surface area contributed by atoms with Crippen LogP contribution in [0.25, 0.3) is 0 Å². The Kier molecular flexibility index (Phi) is 4.78. The largest absolute Gasteiger partial charge is 0.322 e. The molecule has 0 radical (unpaired) electrons. The van der Waals surface area contributed by atoms with Crippen molar-refractivity contribution < 1.29 is 0 Å². The molecular weight excluding hydrogens is 218 g/mol. The lowest BCUT2D eigenvalue weighted by molar-refractivity contribution is 0.659. The van der Waals surface area contributed by atoms with E-state index in [2.05, 4.69) is 12.0 Å². The number of halogens is 1. The molecule has 5 heteroatoms. The topological polar surface area (TPSA) is 43.8 Å².